The van der Waals surface area contributed by atoms with E-state index in [0.717, 1.165) is 11.1 Å². The summed E-state index contributed by atoms with van der Waals surface area (Å²) in [7, 11) is -2.64. The first-order chi connectivity index (χ1) is 6.96. The molecule has 2 N–H and O–H groups in total. The van der Waals surface area contributed by atoms with Crippen LogP contribution in [0.25, 0.3) is 6.08 Å². The zero-order chi connectivity index (χ0) is 11.5. The smallest absolute Gasteiger partial charge is 0.0510 e. The Morgan fingerprint density at radius 2 is 2.13 bits per heavy atom. The summed E-state index contributed by atoms with van der Waals surface area (Å²) in [4.78, 5) is 0.605. The number of hydrogen-bond donors (Lipinski definition) is 1. The summed E-state index contributed by atoms with van der Waals surface area (Å²) >= 11 is 0. The molecule has 0 saturated carbocycles. The van der Waals surface area contributed by atoms with E-state index >= 15 is 0 Å². The summed E-state index contributed by atoms with van der Waals surface area (Å²) in [6.45, 7) is 5.48. The maximum absolute atomic E-state index is 11.7. The highest BCUT2D eigenvalue weighted by molar-refractivity contribution is 7.98. The molecular weight excluding hydrogens is 206 g/mol. The summed E-state index contributed by atoms with van der Waals surface area (Å²) in [5, 5.41) is 5.53. The van der Waals surface area contributed by atoms with Gasteiger partial charge in [-0.05, 0) is 30.0 Å². The highest BCUT2D eigenvalue weighted by Gasteiger charge is 2.07. The maximum atomic E-state index is 11.7. The summed E-state index contributed by atoms with van der Waals surface area (Å²) in [5.41, 5.74) is 1.88. The Bertz CT molecular complexity index is 498. The van der Waals surface area contributed by atoms with Crippen LogP contribution < -0.4 is 5.14 Å². The Morgan fingerprint density at radius 1 is 1.47 bits per heavy atom. The summed E-state index contributed by atoms with van der Waals surface area (Å²) in [5.74, 6) is 3.48. The van der Waals surface area contributed by atoms with Gasteiger partial charge in [0.25, 0.3) is 0 Å². The van der Waals surface area contributed by atoms with Crippen molar-refractivity contribution >= 4 is 21.7 Å². The molecule has 0 aliphatic heterocycles. The van der Waals surface area contributed by atoms with Crippen LogP contribution >= 0.6 is 0 Å². The lowest BCUT2D eigenvalue weighted by molar-refractivity contribution is 0.682. The van der Waals surface area contributed by atoms with Crippen molar-refractivity contribution in [1.29, 1.82) is 0 Å². The van der Waals surface area contributed by atoms with Crippen LogP contribution in [-0.4, -0.2) is 10.1 Å². The average Bonchev–Trinajstić information content (AvgIpc) is 2.14. The normalized spacial score (nSPS) is 15.1. The van der Waals surface area contributed by atoms with E-state index in [1.807, 2.05) is 31.2 Å². The molecule has 1 atom stereocenters. The maximum Gasteiger partial charge on any atom is 0.0510 e. The van der Waals surface area contributed by atoms with E-state index in [0.29, 0.717) is 4.90 Å². The lowest BCUT2D eigenvalue weighted by atomic mass is 10.1. The molecule has 0 aliphatic rings. The van der Waals surface area contributed by atoms with E-state index in [2.05, 4.69) is 12.4 Å². The molecule has 3 heteroatoms. The van der Waals surface area contributed by atoms with Crippen molar-refractivity contribution in [1.82, 2.24) is 0 Å². The van der Waals surface area contributed by atoms with Crippen LogP contribution in [0.2, 0.25) is 0 Å². The Morgan fingerprint density at radius 3 is 2.67 bits per heavy atom. The molecule has 2 nitrogen and oxygen atoms in total. The number of rotatable bonds is 3. The molecule has 0 heterocycles. The molecule has 1 aromatic carbocycles. The third kappa shape index (κ3) is 2.81. The van der Waals surface area contributed by atoms with Gasteiger partial charge in [-0.15, -0.1) is 0 Å². The highest BCUT2D eigenvalue weighted by atomic mass is 32.2. The van der Waals surface area contributed by atoms with Crippen molar-refractivity contribution in [2.75, 3.05) is 0 Å². The molecule has 0 spiro atoms. The fraction of sp³-hybridized carbons (Fsp3) is 0.0833. The topological polar surface area (TPSA) is 43.1 Å². The monoisotopic (exact) mass is 221 g/mol. The van der Waals surface area contributed by atoms with E-state index in [1.54, 1.807) is 12.1 Å². The fourth-order valence-electron chi connectivity index (χ4n) is 1.36. The first kappa shape index (κ1) is 11.8. The minimum absolute atomic E-state index is 0.605. The first-order valence-corrected chi connectivity index (χ1v) is 6.29. The molecule has 1 unspecified atom stereocenters. The number of nitrogens with two attached hydrogens (primary N) is 1. The predicted octanol–water partition coefficient (Wildman–Crippen LogP) is 2.14. The van der Waals surface area contributed by atoms with Gasteiger partial charge in [0.1, 0.15) is 0 Å². The van der Waals surface area contributed by atoms with Crippen LogP contribution in [0.1, 0.15) is 11.1 Å². The minimum atomic E-state index is -2.64. The van der Waals surface area contributed by atoms with Gasteiger partial charge >= 0.3 is 0 Å². The SMILES string of the molecule is C=CC=Cc1cccc(S(=C)(N)=O)c1C. The Balaban J connectivity index is 3.36. The minimum Gasteiger partial charge on any atom is -0.256 e. The van der Waals surface area contributed by atoms with Gasteiger partial charge in [0.05, 0.1) is 9.71 Å². The molecule has 1 rings (SSSR count). The van der Waals surface area contributed by atoms with E-state index in [1.165, 1.54) is 0 Å². The van der Waals surface area contributed by atoms with E-state index < -0.39 is 9.71 Å². The van der Waals surface area contributed by atoms with Crippen LogP contribution in [0.15, 0.2) is 41.8 Å². The van der Waals surface area contributed by atoms with Crippen molar-refractivity contribution in [3.63, 3.8) is 0 Å². The van der Waals surface area contributed by atoms with Gasteiger partial charge in [0, 0.05) is 4.90 Å². The molecule has 0 amide bonds. The lowest BCUT2D eigenvalue weighted by Gasteiger charge is -2.09. The van der Waals surface area contributed by atoms with Gasteiger partial charge in [-0.2, -0.15) is 0 Å². The van der Waals surface area contributed by atoms with Crippen molar-refractivity contribution in [2.24, 2.45) is 5.14 Å². The first-order valence-electron chi connectivity index (χ1n) is 4.50. The van der Waals surface area contributed by atoms with E-state index in [-0.39, 0.29) is 0 Å². The van der Waals surface area contributed by atoms with E-state index in [9.17, 15) is 4.21 Å². The van der Waals surface area contributed by atoms with Crippen molar-refractivity contribution < 1.29 is 4.21 Å². The highest BCUT2D eigenvalue weighted by Crippen LogP contribution is 2.18. The lowest BCUT2D eigenvalue weighted by Crippen LogP contribution is -2.13. The van der Waals surface area contributed by atoms with Gasteiger partial charge in [-0.1, -0.05) is 36.9 Å². The second kappa shape index (κ2) is 4.47. The summed E-state index contributed by atoms with van der Waals surface area (Å²) in [6, 6.07) is 5.50. The molecule has 80 valence electrons. The molecule has 0 aliphatic carbocycles. The number of benzene rings is 1. The van der Waals surface area contributed by atoms with Gasteiger partial charge in [-0.3, -0.25) is 5.14 Å². The predicted molar refractivity (Wildman–Crippen MR) is 68.1 cm³/mol. The van der Waals surface area contributed by atoms with Gasteiger partial charge in [-0.25, -0.2) is 4.21 Å². The fourth-order valence-corrected chi connectivity index (χ4v) is 2.30. The van der Waals surface area contributed by atoms with Gasteiger partial charge in [0.15, 0.2) is 0 Å². The van der Waals surface area contributed by atoms with E-state index in [4.69, 9.17) is 5.14 Å². The van der Waals surface area contributed by atoms with Crippen LogP contribution in [-0.2, 0) is 9.71 Å². The molecule has 0 bridgehead atoms. The quantitative estimate of drug-likeness (QED) is 0.616. The molecule has 15 heavy (non-hydrogen) atoms. The zero-order valence-electron chi connectivity index (χ0n) is 8.77. The van der Waals surface area contributed by atoms with Crippen molar-refractivity contribution in [3.8, 4) is 0 Å². The van der Waals surface area contributed by atoms with Crippen LogP contribution in [0.5, 0.6) is 0 Å². The average molecular weight is 221 g/mol. The summed E-state index contributed by atoms with van der Waals surface area (Å²) in [6.07, 6.45) is 5.42. The van der Waals surface area contributed by atoms with Crippen LogP contribution in [0.4, 0.5) is 0 Å². The van der Waals surface area contributed by atoms with Crippen molar-refractivity contribution in [3.05, 3.63) is 48.1 Å². The standard InChI is InChI=1S/C12H15NOS/c1-4-5-7-11-8-6-9-12(10(11)2)15(3,13)14/h4-9H,1,3H2,2H3,(H2,13,14). The third-order valence-electron chi connectivity index (χ3n) is 2.11. The Hall–Kier alpha value is -1.32. The zero-order valence-corrected chi connectivity index (χ0v) is 9.59. The van der Waals surface area contributed by atoms with Crippen molar-refractivity contribution in [2.45, 2.75) is 11.8 Å². The second-order valence-corrected chi connectivity index (χ2v) is 5.18. The number of allylic oxidation sites excluding steroid dienone is 2. The third-order valence-corrected chi connectivity index (χ3v) is 3.30. The Labute approximate surface area is 91.3 Å². The molecule has 0 saturated heterocycles. The summed E-state index contributed by atoms with van der Waals surface area (Å²) < 4.78 is 11.7. The van der Waals surface area contributed by atoms with Crippen LogP contribution in [0, 0.1) is 6.92 Å². The second-order valence-electron chi connectivity index (χ2n) is 3.29. The molecule has 0 aromatic heterocycles. The Kier molecular flexibility index (Phi) is 3.50. The molecule has 0 fully saturated rings. The molecular formula is C12H15NOS. The van der Waals surface area contributed by atoms with Gasteiger partial charge in [0.2, 0.25) is 0 Å². The molecule has 1 aromatic rings. The van der Waals surface area contributed by atoms with Gasteiger partial charge < -0.3 is 0 Å². The van der Waals surface area contributed by atoms with Crippen LogP contribution in [0.3, 0.4) is 0 Å². The number of hydrogen-bond acceptors (Lipinski definition) is 1. The molecule has 0 radical (unpaired) electrons. The largest absolute Gasteiger partial charge is 0.256 e.